The second-order valence-corrected chi connectivity index (χ2v) is 6.56. The molecule has 4 rings (SSSR count). The van der Waals surface area contributed by atoms with Crippen LogP contribution in [0, 0.1) is 0 Å². The average Bonchev–Trinajstić information content (AvgIpc) is 3.32. The highest BCUT2D eigenvalue weighted by Gasteiger charge is 2.26. The van der Waals surface area contributed by atoms with Gasteiger partial charge in [0.1, 0.15) is 0 Å². The Balaban J connectivity index is 1.63. The minimum atomic E-state index is -0.187. The van der Waals surface area contributed by atoms with E-state index in [0.717, 1.165) is 13.1 Å². The van der Waals surface area contributed by atoms with E-state index in [-0.39, 0.29) is 11.9 Å². The van der Waals surface area contributed by atoms with Crippen molar-refractivity contribution in [3.05, 3.63) is 60.2 Å². The van der Waals surface area contributed by atoms with Crippen molar-refractivity contribution in [1.29, 1.82) is 0 Å². The third-order valence-electron chi connectivity index (χ3n) is 4.97. The molecular weight excluding hydrogens is 330 g/mol. The van der Waals surface area contributed by atoms with Gasteiger partial charge in [0.2, 0.25) is 0 Å². The van der Waals surface area contributed by atoms with E-state index in [1.807, 2.05) is 0 Å². The first-order chi connectivity index (χ1) is 12.7. The molecule has 2 aromatic heterocycles. The van der Waals surface area contributed by atoms with Gasteiger partial charge in [0.05, 0.1) is 25.5 Å². The number of benzene rings is 1. The zero-order valence-electron chi connectivity index (χ0n) is 14.9. The first kappa shape index (κ1) is 16.9. The summed E-state index contributed by atoms with van der Waals surface area (Å²) < 4.78 is 12.9. The summed E-state index contributed by atoms with van der Waals surface area (Å²) in [7, 11) is 2.06. The number of aromatic nitrogens is 1. The minimum Gasteiger partial charge on any atom is -0.459 e. The van der Waals surface area contributed by atoms with Crippen LogP contribution in [0.5, 0.6) is 0 Å². The van der Waals surface area contributed by atoms with Crippen LogP contribution in [0.15, 0.2) is 53.3 Å². The summed E-state index contributed by atoms with van der Waals surface area (Å²) >= 11 is 0. The molecule has 1 aliphatic rings. The largest absolute Gasteiger partial charge is 0.459 e. The molecule has 1 aliphatic heterocycles. The van der Waals surface area contributed by atoms with Gasteiger partial charge < -0.3 is 19.0 Å². The predicted octanol–water partition coefficient (Wildman–Crippen LogP) is 2.57. The zero-order chi connectivity index (χ0) is 17.9. The molecule has 1 amide bonds. The van der Waals surface area contributed by atoms with Crippen LogP contribution in [0.1, 0.15) is 22.2 Å². The molecular formula is C20H23N3O3. The molecule has 3 heterocycles. The lowest BCUT2D eigenvalue weighted by atomic mass is 10.0. The van der Waals surface area contributed by atoms with Crippen molar-refractivity contribution in [2.75, 3.05) is 32.8 Å². The lowest BCUT2D eigenvalue weighted by Crippen LogP contribution is -2.43. The van der Waals surface area contributed by atoms with Crippen molar-refractivity contribution in [3.8, 4) is 0 Å². The molecule has 6 nitrogen and oxygen atoms in total. The minimum absolute atomic E-state index is 0.0870. The average molecular weight is 353 g/mol. The Hall–Kier alpha value is -2.57. The molecule has 0 aliphatic carbocycles. The van der Waals surface area contributed by atoms with E-state index in [1.54, 1.807) is 12.1 Å². The first-order valence-electron chi connectivity index (χ1n) is 8.91. The van der Waals surface area contributed by atoms with E-state index < -0.39 is 0 Å². The molecule has 6 heteroatoms. The smallest absolute Gasteiger partial charge is 0.287 e. The van der Waals surface area contributed by atoms with Crippen LogP contribution in [0.4, 0.5) is 0 Å². The van der Waals surface area contributed by atoms with Gasteiger partial charge >= 0.3 is 0 Å². The number of carbonyl (C=O) groups is 1. The summed E-state index contributed by atoms with van der Waals surface area (Å²) in [5.41, 5.74) is 2.42. The van der Waals surface area contributed by atoms with Gasteiger partial charge in [-0.25, -0.2) is 0 Å². The molecule has 26 heavy (non-hydrogen) atoms. The fourth-order valence-corrected chi connectivity index (χ4v) is 3.65. The van der Waals surface area contributed by atoms with Crippen LogP contribution in [-0.4, -0.2) is 48.2 Å². The Morgan fingerprint density at radius 3 is 2.77 bits per heavy atom. The number of nitrogens with one attached hydrogen (secondary N) is 1. The fraction of sp³-hybridized carbons (Fsp3) is 0.350. The molecule has 0 unspecified atom stereocenters. The number of aryl methyl sites for hydroxylation is 1. The van der Waals surface area contributed by atoms with Gasteiger partial charge in [0.25, 0.3) is 5.91 Å². The number of carbonyl (C=O) groups excluding carboxylic acids is 1. The van der Waals surface area contributed by atoms with Crippen LogP contribution < -0.4 is 5.32 Å². The van der Waals surface area contributed by atoms with Crippen molar-refractivity contribution >= 4 is 16.8 Å². The van der Waals surface area contributed by atoms with Crippen LogP contribution >= 0.6 is 0 Å². The van der Waals surface area contributed by atoms with E-state index in [0.29, 0.717) is 25.5 Å². The highest BCUT2D eigenvalue weighted by atomic mass is 16.5. The van der Waals surface area contributed by atoms with Crippen LogP contribution in [0.25, 0.3) is 10.9 Å². The van der Waals surface area contributed by atoms with Crippen LogP contribution in [-0.2, 0) is 11.8 Å². The molecule has 0 radical (unpaired) electrons. The Morgan fingerprint density at radius 2 is 2.00 bits per heavy atom. The van der Waals surface area contributed by atoms with Crippen LogP contribution in [0.2, 0.25) is 0 Å². The number of amides is 1. The summed E-state index contributed by atoms with van der Waals surface area (Å²) in [5.74, 6) is 0.150. The molecule has 0 saturated carbocycles. The summed E-state index contributed by atoms with van der Waals surface area (Å²) in [5, 5.41) is 4.25. The van der Waals surface area contributed by atoms with Gasteiger partial charge in [-0.2, -0.15) is 0 Å². The number of fused-ring (bicyclic) bond motifs is 1. The lowest BCUT2D eigenvalue weighted by molar-refractivity contribution is 0.0164. The Morgan fingerprint density at radius 1 is 1.19 bits per heavy atom. The maximum atomic E-state index is 12.3. The maximum Gasteiger partial charge on any atom is 0.287 e. The molecule has 3 aromatic rings. The summed E-state index contributed by atoms with van der Waals surface area (Å²) in [6, 6.07) is 11.9. The Labute approximate surface area is 152 Å². The van der Waals surface area contributed by atoms with Gasteiger partial charge in [-0.15, -0.1) is 0 Å². The van der Waals surface area contributed by atoms with E-state index in [1.165, 1.54) is 22.7 Å². The molecule has 1 aromatic carbocycles. The predicted molar refractivity (Wildman–Crippen MR) is 99.1 cm³/mol. The second kappa shape index (κ2) is 7.35. The SMILES string of the molecule is Cn1cc([C@H](CNC(=O)c2ccco2)N2CCOCC2)c2ccccc21. The normalized spacial score (nSPS) is 16.7. The standard InChI is InChI=1S/C20H23N3O3/c1-22-14-16(15-5-2-3-6-17(15)22)18(23-8-11-25-12-9-23)13-21-20(24)19-7-4-10-26-19/h2-7,10,14,18H,8-9,11-13H2,1H3,(H,21,24)/t18-/m0/s1. The van der Waals surface area contributed by atoms with Gasteiger partial charge in [-0.3, -0.25) is 9.69 Å². The highest BCUT2D eigenvalue weighted by molar-refractivity contribution is 5.91. The van der Waals surface area contributed by atoms with Gasteiger partial charge in [0, 0.05) is 43.8 Å². The van der Waals surface area contributed by atoms with Crippen molar-refractivity contribution in [3.63, 3.8) is 0 Å². The number of ether oxygens (including phenoxy) is 1. The van der Waals surface area contributed by atoms with Crippen molar-refractivity contribution in [1.82, 2.24) is 14.8 Å². The number of nitrogens with zero attached hydrogens (tertiary/aromatic N) is 2. The Kier molecular flexibility index (Phi) is 4.77. The molecule has 1 N–H and O–H groups in total. The molecule has 0 spiro atoms. The van der Waals surface area contributed by atoms with Gasteiger partial charge in [-0.05, 0) is 23.8 Å². The monoisotopic (exact) mass is 353 g/mol. The second-order valence-electron chi connectivity index (χ2n) is 6.56. The topological polar surface area (TPSA) is 59.6 Å². The van der Waals surface area contributed by atoms with E-state index in [4.69, 9.17) is 9.15 Å². The number of hydrogen-bond acceptors (Lipinski definition) is 4. The Bertz CT molecular complexity index is 879. The highest BCUT2D eigenvalue weighted by Crippen LogP contribution is 2.30. The fourth-order valence-electron chi connectivity index (χ4n) is 3.65. The molecule has 1 saturated heterocycles. The third kappa shape index (κ3) is 3.25. The maximum absolute atomic E-state index is 12.3. The summed E-state index contributed by atoms with van der Waals surface area (Å²) in [6.07, 6.45) is 3.68. The molecule has 1 fully saturated rings. The van der Waals surface area contributed by atoms with Crippen molar-refractivity contribution < 1.29 is 13.9 Å². The first-order valence-corrected chi connectivity index (χ1v) is 8.91. The van der Waals surface area contributed by atoms with E-state index in [2.05, 4.69) is 52.3 Å². The van der Waals surface area contributed by atoms with Crippen molar-refractivity contribution in [2.45, 2.75) is 6.04 Å². The summed E-state index contributed by atoms with van der Waals surface area (Å²) in [6.45, 7) is 3.66. The molecule has 1 atom stereocenters. The summed E-state index contributed by atoms with van der Waals surface area (Å²) in [4.78, 5) is 14.7. The molecule has 0 bridgehead atoms. The van der Waals surface area contributed by atoms with Gasteiger partial charge in [0.15, 0.2) is 5.76 Å². The lowest BCUT2D eigenvalue weighted by Gasteiger charge is -2.34. The van der Waals surface area contributed by atoms with Gasteiger partial charge in [-0.1, -0.05) is 18.2 Å². The number of morpholine rings is 1. The van der Waals surface area contributed by atoms with Crippen molar-refractivity contribution in [2.24, 2.45) is 7.05 Å². The number of hydrogen-bond donors (Lipinski definition) is 1. The van der Waals surface area contributed by atoms with E-state index in [9.17, 15) is 4.79 Å². The number of furan rings is 1. The third-order valence-corrected chi connectivity index (χ3v) is 4.97. The van der Waals surface area contributed by atoms with Crippen LogP contribution in [0.3, 0.4) is 0 Å². The number of rotatable bonds is 5. The number of para-hydroxylation sites is 1. The van der Waals surface area contributed by atoms with E-state index >= 15 is 0 Å². The molecule has 136 valence electrons. The quantitative estimate of drug-likeness (QED) is 0.766. The zero-order valence-corrected chi connectivity index (χ0v) is 14.9.